The predicted octanol–water partition coefficient (Wildman–Crippen LogP) is 5.04. The minimum atomic E-state index is 0.458. The average Bonchev–Trinajstić information content (AvgIpc) is 3.04. The van der Waals surface area contributed by atoms with E-state index in [-0.39, 0.29) is 0 Å². The Morgan fingerprint density at radius 3 is 2.36 bits per heavy atom. The molecule has 2 heterocycles. The molecule has 1 atom stereocenters. The third-order valence-corrected chi connectivity index (χ3v) is 5.12. The summed E-state index contributed by atoms with van der Waals surface area (Å²) >= 11 is 0. The van der Waals surface area contributed by atoms with Gasteiger partial charge >= 0.3 is 0 Å². The lowest BCUT2D eigenvalue weighted by Gasteiger charge is -2.32. The molecular weight excluding hydrogens is 306 g/mol. The third kappa shape index (κ3) is 4.21. The van der Waals surface area contributed by atoms with Crippen LogP contribution >= 0.6 is 0 Å². The minimum absolute atomic E-state index is 0.458. The quantitative estimate of drug-likeness (QED) is 0.736. The zero-order valence-corrected chi connectivity index (χ0v) is 16.0. The standard InChI is InChI=1S/C22H31N3/c1-17(2)25(18(3)4)22-13-12-20(15-23-22)21-11-8-14-24(21)16-19-9-6-5-7-10-19/h5-7,9-10,12-13,15,17-18,21H,8,11,14,16H2,1-4H3/t21-/m0/s1. The number of rotatable bonds is 6. The molecule has 3 heteroatoms. The molecule has 1 aromatic heterocycles. The van der Waals surface area contributed by atoms with E-state index in [1.165, 1.54) is 30.5 Å². The van der Waals surface area contributed by atoms with Crippen molar-refractivity contribution in [2.45, 2.75) is 65.2 Å². The van der Waals surface area contributed by atoms with Crippen molar-refractivity contribution in [3.8, 4) is 0 Å². The van der Waals surface area contributed by atoms with Crippen LogP contribution < -0.4 is 4.90 Å². The maximum absolute atomic E-state index is 4.81. The highest BCUT2D eigenvalue weighted by Gasteiger charge is 2.26. The molecule has 0 N–H and O–H groups in total. The Hall–Kier alpha value is -1.87. The molecule has 1 fully saturated rings. The van der Waals surface area contributed by atoms with Crippen LogP contribution in [0.3, 0.4) is 0 Å². The van der Waals surface area contributed by atoms with Gasteiger partial charge in [0.2, 0.25) is 0 Å². The summed E-state index contributed by atoms with van der Waals surface area (Å²) in [7, 11) is 0. The van der Waals surface area contributed by atoms with Crippen LogP contribution in [0.5, 0.6) is 0 Å². The molecule has 0 spiro atoms. The van der Waals surface area contributed by atoms with Crippen molar-refractivity contribution in [3.05, 3.63) is 59.8 Å². The summed E-state index contributed by atoms with van der Waals surface area (Å²) in [4.78, 5) is 9.77. The van der Waals surface area contributed by atoms with E-state index in [2.05, 4.69) is 86.2 Å². The van der Waals surface area contributed by atoms with Crippen molar-refractivity contribution in [3.63, 3.8) is 0 Å². The molecule has 0 bridgehead atoms. The second-order valence-corrected chi connectivity index (χ2v) is 7.66. The summed E-state index contributed by atoms with van der Waals surface area (Å²) in [6.45, 7) is 11.1. The molecule has 0 aliphatic carbocycles. The summed E-state index contributed by atoms with van der Waals surface area (Å²) in [5, 5.41) is 0. The van der Waals surface area contributed by atoms with Crippen LogP contribution in [0.15, 0.2) is 48.7 Å². The summed E-state index contributed by atoms with van der Waals surface area (Å²) in [6, 6.07) is 16.7. The van der Waals surface area contributed by atoms with Gasteiger partial charge in [0.15, 0.2) is 0 Å². The van der Waals surface area contributed by atoms with E-state index >= 15 is 0 Å². The largest absolute Gasteiger partial charge is 0.352 e. The van der Waals surface area contributed by atoms with E-state index in [4.69, 9.17) is 4.98 Å². The molecule has 0 unspecified atom stereocenters. The van der Waals surface area contributed by atoms with Gasteiger partial charge in [-0.2, -0.15) is 0 Å². The van der Waals surface area contributed by atoms with Gasteiger partial charge in [-0.1, -0.05) is 36.4 Å². The maximum atomic E-state index is 4.81. The van der Waals surface area contributed by atoms with Gasteiger partial charge in [0.25, 0.3) is 0 Å². The molecule has 1 saturated heterocycles. The summed E-state index contributed by atoms with van der Waals surface area (Å²) in [5.41, 5.74) is 2.74. The highest BCUT2D eigenvalue weighted by molar-refractivity contribution is 5.42. The SMILES string of the molecule is CC(C)N(c1ccc([C@@H]2CCCN2Cc2ccccc2)cn1)C(C)C. The van der Waals surface area contributed by atoms with Gasteiger partial charge in [0.1, 0.15) is 5.82 Å². The van der Waals surface area contributed by atoms with E-state index < -0.39 is 0 Å². The molecule has 0 saturated carbocycles. The van der Waals surface area contributed by atoms with Crippen molar-refractivity contribution in [1.82, 2.24) is 9.88 Å². The summed E-state index contributed by atoms with van der Waals surface area (Å²) in [5.74, 6) is 1.08. The number of aromatic nitrogens is 1. The highest BCUT2D eigenvalue weighted by Crippen LogP contribution is 2.33. The second kappa shape index (κ2) is 8.01. The lowest BCUT2D eigenvalue weighted by Crippen LogP contribution is -2.37. The molecule has 0 radical (unpaired) electrons. The highest BCUT2D eigenvalue weighted by atomic mass is 15.2. The smallest absolute Gasteiger partial charge is 0.128 e. The molecule has 3 nitrogen and oxygen atoms in total. The normalized spacial score (nSPS) is 18.2. The first kappa shape index (κ1) is 17.9. The molecule has 1 aliphatic heterocycles. The van der Waals surface area contributed by atoms with Gasteiger partial charge in [-0.25, -0.2) is 4.98 Å². The van der Waals surface area contributed by atoms with Gasteiger partial charge in [-0.15, -0.1) is 0 Å². The van der Waals surface area contributed by atoms with E-state index in [1.807, 2.05) is 0 Å². The molecule has 1 aliphatic rings. The Morgan fingerprint density at radius 2 is 1.76 bits per heavy atom. The van der Waals surface area contributed by atoms with Gasteiger partial charge in [-0.3, -0.25) is 4.90 Å². The van der Waals surface area contributed by atoms with Crippen molar-refractivity contribution < 1.29 is 0 Å². The number of pyridine rings is 1. The number of hydrogen-bond acceptors (Lipinski definition) is 3. The Bertz CT molecular complexity index is 641. The summed E-state index contributed by atoms with van der Waals surface area (Å²) < 4.78 is 0. The van der Waals surface area contributed by atoms with Crippen molar-refractivity contribution in [2.24, 2.45) is 0 Å². The monoisotopic (exact) mass is 337 g/mol. The van der Waals surface area contributed by atoms with Gasteiger partial charge in [-0.05, 0) is 64.3 Å². The van der Waals surface area contributed by atoms with Gasteiger partial charge in [0.05, 0.1) is 0 Å². The fourth-order valence-electron chi connectivity index (χ4n) is 4.08. The minimum Gasteiger partial charge on any atom is -0.352 e. The molecule has 25 heavy (non-hydrogen) atoms. The molecule has 1 aromatic carbocycles. The summed E-state index contributed by atoms with van der Waals surface area (Å²) in [6.07, 6.45) is 4.59. The third-order valence-electron chi connectivity index (χ3n) is 5.12. The molecule has 3 rings (SSSR count). The first-order valence-corrected chi connectivity index (χ1v) is 9.58. The van der Waals surface area contributed by atoms with Crippen LogP contribution in [-0.4, -0.2) is 28.5 Å². The van der Waals surface area contributed by atoms with Gasteiger partial charge in [0, 0.05) is 30.9 Å². The number of nitrogens with zero attached hydrogens (tertiary/aromatic N) is 3. The predicted molar refractivity (Wildman–Crippen MR) is 106 cm³/mol. The molecule has 0 amide bonds. The Morgan fingerprint density at radius 1 is 1.04 bits per heavy atom. The van der Waals surface area contributed by atoms with Crippen molar-refractivity contribution in [2.75, 3.05) is 11.4 Å². The topological polar surface area (TPSA) is 19.4 Å². The van der Waals surface area contributed by atoms with Crippen LogP contribution in [0.1, 0.15) is 57.7 Å². The lowest BCUT2D eigenvalue weighted by molar-refractivity contribution is 0.248. The van der Waals surface area contributed by atoms with Crippen molar-refractivity contribution >= 4 is 5.82 Å². The zero-order chi connectivity index (χ0) is 17.8. The fourth-order valence-corrected chi connectivity index (χ4v) is 4.08. The van der Waals surface area contributed by atoms with Crippen LogP contribution in [0.4, 0.5) is 5.82 Å². The van der Waals surface area contributed by atoms with Gasteiger partial charge < -0.3 is 4.90 Å². The zero-order valence-electron chi connectivity index (χ0n) is 16.0. The van der Waals surface area contributed by atoms with E-state index in [0.29, 0.717) is 18.1 Å². The van der Waals surface area contributed by atoms with Crippen molar-refractivity contribution in [1.29, 1.82) is 0 Å². The Kier molecular flexibility index (Phi) is 5.74. The maximum Gasteiger partial charge on any atom is 0.128 e. The number of anilines is 1. The van der Waals surface area contributed by atoms with Crippen LogP contribution in [0.2, 0.25) is 0 Å². The Balaban J connectivity index is 1.74. The van der Waals surface area contributed by atoms with E-state index in [1.54, 1.807) is 0 Å². The molecule has 2 aromatic rings. The van der Waals surface area contributed by atoms with E-state index in [0.717, 1.165) is 12.4 Å². The average molecular weight is 338 g/mol. The first-order chi connectivity index (χ1) is 12.1. The molecule has 134 valence electrons. The Labute approximate surface area is 152 Å². The van der Waals surface area contributed by atoms with Crippen LogP contribution in [0.25, 0.3) is 0 Å². The van der Waals surface area contributed by atoms with Crippen LogP contribution in [-0.2, 0) is 6.54 Å². The number of benzene rings is 1. The first-order valence-electron chi connectivity index (χ1n) is 9.58. The fraction of sp³-hybridized carbons (Fsp3) is 0.500. The molecular formula is C22H31N3. The number of likely N-dealkylation sites (tertiary alicyclic amines) is 1. The second-order valence-electron chi connectivity index (χ2n) is 7.66. The lowest BCUT2D eigenvalue weighted by atomic mass is 10.1. The van der Waals surface area contributed by atoms with Crippen LogP contribution in [0, 0.1) is 0 Å². The number of hydrogen-bond donors (Lipinski definition) is 0. The van der Waals surface area contributed by atoms with E-state index in [9.17, 15) is 0 Å².